The van der Waals surface area contributed by atoms with Gasteiger partial charge in [0.05, 0.1) is 19.8 Å². The van der Waals surface area contributed by atoms with Crippen LogP contribution in [0.5, 0.6) is 5.75 Å². The van der Waals surface area contributed by atoms with Crippen LogP contribution in [0.25, 0.3) is 0 Å². The van der Waals surface area contributed by atoms with Gasteiger partial charge in [0.25, 0.3) is 0 Å². The van der Waals surface area contributed by atoms with Crippen molar-refractivity contribution < 1.29 is 9.47 Å². The first-order chi connectivity index (χ1) is 9.75. The molecule has 4 heteroatoms. The van der Waals surface area contributed by atoms with E-state index in [1.807, 2.05) is 42.5 Å². The lowest BCUT2D eigenvalue weighted by Gasteiger charge is -2.08. The molecule has 2 aromatic rings. The molecule has 0 spiro atoms. The predicted molar refractivity (Wildman–Crippen MR) is 84.8 cm³/mol. The lowest BCUT2D eigenvalue weighted by Crippen LogP contribution is -2.03. The molecular weight excluding hydrogens is 318 g/mol. The van der Waals surface area contributed by atoms with Crippen molar-refractivity contribution in [1.82, 2.24) is 0 Å². The second-order valence-corrected chi connectivity index (χ2v) is 5.27. The first-order valence-corrected chi connectivity index (χ1v) is 7.34. The highest BCUT2D eigenvalue weighted by Gasteiger charge is 1.98. The molecule has 20 heavy (non-hydrogen) atoms. The topological polar surface area (TPSA) is 44.5 Å². The standard InChI is InChI=1S/C16H18BrNO2/c17-16-5-2-1-4-13(16)12-19-10-3-11-20-15-8-6-14(18)7-9-15/h1-2,4-9H,3,10-12,18H2. The molecule has 0 bridgehead atoms. The van der Waals surface area contributed by atoms with Crippen LogP contribution in [0.4, 0.5) is 5.69 Å². The maximum absolute atomic E-state index is 5.63. The molecule has 0 aliphatic carbocycles. The second kappa shape index (κ2) is 7.92. The molecule has 106 valence electrons. The molecule has 0 saturated carbocycles. The molecule has 0 unspecified atom stereocenters. The molecule has 0 atom stereocenters. The van der Waals surface area contributed by atoms with Crippen LogP contribution in [-0.4, -0.2) is 13.2 Å². The summed E-state index contributed by atoms with van der Waals surface area (Å²) in [5, 5.41) is 0. The zero-order valence-corrected chi connectivity index (χ0v) is 12.8. The van der Waals surface area contributed by atoms with Crippen molar-refractivity contribution in [3.05, 3.63) is 58.6 Å². The van der Waals surface area contributed by atoms with E-state index in [-0.39, 0.29) is 0 Å². The Hall–Kier alpha value is -1.52. The molecule has 2 rings (SSSR count). The quantitative estimate of drug-likeness (QED) is 0.614. The number of halogens is 1. The monoisotopic (exact) mass is 335 g/mol. The van der Waals surface area contributed by atoms with E-state index in [1.165, 1.54) is 0 Å². The number of rotatable bonds is 7. The predicted octanol–water partition coefficient (Wildman–Crippen LogP) is 4.02. The first kappa shape index (κ1) is 14.9. The van der Waals surface area contributed by atoms with Gasteiger partial charge >= 0.3 is 0 Å². The normalized spacial score (nSPS) is 10.4. The van der Waals surface area contributed by atoms with Gasteiger partial charge < -0.3 is 15.2 Å². The molecule has 3 nitrogen and oxygen atoms in total. The van der Waals surface area contributed by atoms with Gasteiger partial charge in [-0.1, -0.05) is 34.1 Å². The van der Waals surface area contributed by atoms with Crippen molar-refractivity contribution in [2.45, 2.75) is 13.0 Å². The van der Waals surface area contributed by atoms with Crippen LogP contribution in [0.3, 0.4) is 0 Å². The Kier molecular flexibility index (Phi) is 5.89. The largest absolute Gasteiger partial charge is 0.494 e. The van der Waals surface area contributed by atoms with E-state index < -0.39 is 0 Å². The van der Waals surface area contributed by atoms with Crippen molar-refractivity contribution in [3.8, 4) is 5.75 Å². The zero-order chi connectivity index (χ0) is 14.2. The zero-order valence-electron chi connectivity index (χ0n) is 11.2. The molecule has 0 radical (unpaired) electrons. The van der Waals surface area contributed by atoms with Gasteiger partial charge in [0.15, 0.2) is 0 Å². The number of hydrogen-bond donors (Lipinski definition) is 1. The molecule has 0 aliphatic rings. The number of hydrogen-bond acceptors (Lipinski definition) is 3. The van der Waals surface area contributed by atoms with Crippen LogP contribution in [0.2, 0.25) is 0 Å². The van der Waals surface area contributed by atoms with E-state index in [0.717, 1.165) is 27.9 Å². The van der Waals surface area contributed by atoms with Gasteiger partial charge in [0.2, 0.25) is 0 Å². The fourth-order valence-electron chi connectivity index (χ4n) is 1.71. The van der Waals surface area contributed by atoms with Gasteiger partial charge in [-0.3, -0.25) is 0 Å². The summed E-state index contributed by atoms with van der Waals surface area (Å²) in [5.41, 5.74) is 7.51. The van der Waals surface area contributed by atoms with Crippen molar-refractivity contribution in [3.63, 3.8) is 0 Å². The molecular formula is C16H18BrNO2. The molecule has 0 aliphatic heterocycles. The van der Waals surface area contributed by atoms with Crippen LogP contribution in [0.15, 0.2) is 53.0 Å². The summed E-state index contributed by atoms with van der Waals surface area (Å²) in [6.07, 6.45) is 0.856. The maximum Gasteiger partial charge on any atom is 0.119 e. The van der Waals surface area contributed by atoms with E-state index in [4.69, 9.17) is 15.2 Å². The Bertz CT molecular complexity index is 528. The summed E-state index contributed by atoms with van der Waals surface area (Å²) in [7, 11) is 0. The number of benzene rings is 2. The molecule has 0 heterocycles. The molecule has 2 aromatic carbocycles. The Morgan fingerprint density at radius 3 is 2.45 bits per heavy atom. The number of ether oxygens (including phenoxy) is 2. The van der Waals surface area contributed by atoms with Gasteiger partial charge in [-0.25, -0.2) is 0 Å². The Balaban J connectivity index is 1.60. The van der Waals surface area contributed by atoms with E-state index >= 15 is 0 Å². The average molecular weight is 336 g/mol. The average Bonchev–Trinajstić information content (AvgIpc) is 2.46. The minimum atomic E-state index is 0.614. The third-order valence-electron chi connectivity index (χ3n) is 2.80. The van der Waals surface area contributed by atoms with Crippen LogP contribution in [0.1, 0.15) is 12.0 Å². The van der Waals surface area contributed by atoms with E-state index in [1.54, 1.807) is 0 Å². The van der Waals surface area contributed by atoms with E-state index in [9.17, 15) is 0 Å². The summed E-state index contributed by atoms with van der Waals surface area (Å²) < 4.78 is 12.3. The lowest BCUT2D eigenvalue weighted by atomic mass is 10.2. The summed E-state index contributed by atoms with van der Waals surface area (Å²) in [6, 6.07) is 15.5. The maximum atomic E-state index is 5.63. The molecule has 0 saturated heterocycles. The van der Waals surface area contributed by atoms with E-state index in [0.29, 0.717) is 19.8 Å². The Morgan fingerprint density at radius 1 is 0.950 bits per heavy atom. The third-order valence-corrected chi connectivity index (χ3v) is 3.57. The smallest absolute Gasteiger partial charge is 0.119 e. The van der Waals surface area contributed by atoms with Gasteiger partial charge in [0.1, 0.15) is 5.75 Å². The van der Waals surface area contributed by atoms with Crippen LogP contribution in [0, 0.1) is 0 Å². The molecule has 0 amide bonds. The molecule has 2 N–H and O–H groups in total. The SMILES string of the molecule is Nc1ccc(OCCCOCc2ccccc2Br)cc1. The van der Waals surface area contributed by atoms with Gasteiger partial charge in [-0.05, 0) is 35.9 Å². The lowest BCUT2D eigenvalue weighted by molar-refractivity contribution is 0.107. The third kappa shape index (κ3) is 4.87. The Labute approximate surface area is 127 Å². The Morgan fingerprint density at radius 2 is 1.70 bits per heavy atom. The summed E-state index contributed by atoms with van der Waals surface area (Å²) in [6.45, 7) is 1.93. The fourth-order valence-corrected chi connectivity index (χ4v) is 2.11. The summed E-state index contributed by atoms with van der Waals surface area (Å²) in [5.74, 6) is 0.838. The van der Waals surface area contributed by atoms with Gasteiger partial charge in [-0.15, -0.1) is 0 Å². The number of nitrogen functional groups attached to an aromatic ring is 1. The highest BCUT2D eigenvalue weighted by molar-refractivity contribution is 9.10. The van der Waals surface area contributed by atoms with Crippen LogP contribution in [-0.2, 0) is 11.3 Å². The number of anilines is 1. The van der Waals surface area contributed by atoms with Crippen LogP contribution < -0.4 is 10.5 Å². The second-order valence-electron chi connectivity index (χ2n) is 4.42. The molecule has 0 aromatic heterocycles. The van der Waals surface area contributed by atoms with Crippen molar-refractivity contribution in [2.24, 2.45) is 0 Å². The van der Waals surface area contributed by atoms with Crippen molar-refractivity contribution in [1.29, 1.82) is 0 Å². The minimum Gasteiger partial charge on any atom is -0.494 e. The summed E-state index contributed by atoms with van der Waals surface area (Å²) in [4.78, 5) is 0. The molecule has 0 fully saturated rings. The minimum absolute atomic E-state index is 0.614. The first-order valence-electron chi connectivity index (χ1n) is 6.55. The highest BCUT2D eigenvalue weighted by Crippen LogP contribution is 2.17. The highest BCUT2D eigenvalue weighted by atomic mass is 79.9. The van der Waals surface area contributed by atoms with Crippen LogP contribution >= 0.6 is 15.9 Å². The van der Waals surface area contributed by atoms with Gasteiger partial charge in [0, 0.05) is 16.6 Å². The summed E-state index contributed by atoms with van der Waals surface area (Å²) >= 11 is 3.50. The fraction of sp³-hybridized carbons (Fsp3) is 0.250. The van der Waals surface area contributed by atoms with Crippen molar-refractivity contribution >= 4 is 21.6 Å². The van der Waals surface area contributed by atoms with Crippen molar-refractivity contribution in [2.75, 3.05) is 18.9 Å². The number of nitrogens with two attached hydrogens (primary N) is 1. The van der Waals surface area contributed by atoms with Gasteiger partial charge in [-0.2, -0.15) is 0 Å². The van der Waals surface area contributed by atoms with E-state index in [2.05, 4.69) is 22.0 Å².